The van der Waals surface area contributed by atoms with E-state index in [4.69, 9.17) is 4.74 Å². The van der Waals surface area contributed by atoms with Crippen LogP contribution in [-0.2, 0) is 20.9 Å². The summed E-state index contributed by atoms with van der Waals surface area (Å²) in [5, 5.41) is 0. The van der Waals surface area contributed by atoms with Crippen molar-refractivity contribution in [1.29, 1.82) is 0 Å². The second kappa shape index (κ2) is 9.28. The molecule has 2 aromatic carbocycles. The van der Waals surface area contributed by atoms with E-state index in [-0.39, 0.29) is 23.4 Å². The SMILES string of the molecule is CC(=O)C[C@H](c1ccccc1)[C@H](C)C(=O)[C@H](C)OCc1ccccc1. The van der Waals surface area contributed by atoms with Gasteiger partial charge in [-0.3, -0.25) is 4.79 Å². The molecule has 132 valence electrons. The minimum atomic E-state index is -0.506. The summed E-state index contributed by atoms with van der Waals surface area (Å²) in [5.74, 6) is -0.275. The Morgan fingerprint density at radius 2 is 1.48 bits per heavy atom. The molecule has 0 N–H and O–H groups in total. The number of hydrogen-bond donors (Lipinski definition) is 0. The third-order valence-corrected chi connectivity index (χ3v) is 4.53. The molecule has 3 nitrogen and oxygen atoms in total. The zero-order valence-corrected chi connectivity index (χ0v) is 15.1. The first-order valence-corrected chi connectivity index (χ1v) is 8.72. The number of hydrogen-bond acceptors (Lipinski definition) is 3. The molecule has 2 rings (SSSR count). The molecule has 0 heterocycles. The minimum absolute atomic E-state index is 0.0334. The summed E-state index contributed by atoms with van der Waals surface area (Å²) >= 11 is 0. The molecule has 0 unspecified atom stereocenters. The summed E-state index contributed by atoms with van der Waals surface area (Å²) in [6.07, 6.45) is -0.143. The van der Waals surface area contributed by atoms with E-state index >= 15 is 0 Å². The molecule has 0 aliphatic heterocycles. The Morgan fingerprint density at radius 1 is 0.920 bits per heavy atom. The fraction of sp³-hybridized carbons (Fsp3) is 0.364. The minimum Gasteiger partial charge on any atom is -0.366 e. The van der Waals surface area contributed by atoms with Crippen LogP contribution in [0.2, 0.25) is 0 Å². The van der Waals surface area contributed by atoms with Crippen LogP contribution in [0, 0.1) is 5.92 Å². The van der Waals surface area contributed by atoms with E-state index in [0.717, 1.165) is 11.1 Å². The van der Waals surface area contributed by atoms with Gasteiger partial charge in [0.25, 0.3) is 0 Å². The lowest BCUT2D eigenvalue weighted by molar-refractivity contribution is -0.134. The molecule has 3 heteroatoms. The van der Waals surface area contributed by atoms with E-state index in [1.54, 1.807) is 13.8 Å². The van der Waals surface area contributed by atoms with Gasteiger partial charge in [-0.1, -0.05) is 67.6 Å². The van der Waals surface area contributed by atoms with Crippen molar-refractivity contribution in [2.24, 2.45) is 5.92 Å². The topological polar surface area (TPSA) is 43.4 Å². The predicted molar refractivity (Wildman–Crippen MR) is 99.3 cm³/mol. The van der Waals surface area contributed by atoms with Crippen molar-refractivity contribution < 1.29 is 14.3 Å². The van der Waals surface area contributed by atoms with Crippen molar-refractivity contribution in [3.05, 3.63) is 71.8 Å². The number of rotatable bonds is 9. The largest absolute Gasteiger partial charge is 0.366 e. The van der Waals surface area contributed by atoms with E-state index in [2.05, 4.69) is 0 Å². The molecule has 0 aliphatic carbocycles. The third-order valence-electron chi connectivity index (χ3n) is 4.53. The van der Waals surface area contributed by atoms with E-state index in [1.165, 1.54) is 0 Å². The Hall–Kier alpha value is -2.26. The van der Waals surface area contributed by atoms with Crippen molar-refractivity contribution >= 4 is 11.6 Å². The Bertz CT molecular complexity index is 679. The lowest BCUT2D eigenvalue weighted by atomic mass is 9.80. The molecule has 0 aliphatic rings. The van der Waals surface area contributed by atoms with E-state index in [0.29, 0.717) is 13.0 Å². The Balaban J connectivity index is 2.05. The molecular weight excluding hydrogens is 312 g/mol. The highest BCUT2D eigenvalue weighted by Gasteiger charge is 2.30. The number of ether oxygens (including phenoxy) is 1. The number of carbonyl (C=O) groups excluding carboxylic acids is 2. The summed E-state index contributed by atoms with van der Waals surface area (Å²) in [6.45, 7) is 5.66. The van der Waals surface area contributed by atoms with Gasteiger partial charge in [-0.2, -0.15) is 0 Å². The van der Waals surface area contributed by atoms with Gasteiger partial charge in [0.2, 0.25) is 0 Å². The van der Waals surface area contributed by atoms with E-state index in [9.17, 15) is 9.59 Å². The van der Waals surface area contributed by atoms with Gasteiger partial charge in [0.1, 0.15) is 11.9 Å². The van der Waals surface area contributed by atoms with Crippen LogP contribution in [0.15, 0.2) is 60.7 Å². The second-order valence-electron chi connectivity index (χ2n) is 6.55. The maximum absolute atomic E-state index is 12.8. The summed E-state index contributed by atoms with van der Waals surface area (Å²) < 4.78 is 5.77. The van der Waals surface area contributed by atoms with Crippen LogP contribution in [0.5, 0.6) is 0 Å². The van der Waals surface area contributed by atoms with Crippen LogP contribution < -0.4 is 0 Å². The van der Waals surface area contributed by atoms with Crippen LogP contribution in [-0.4, -0.2) is 17.7 Å². The highest BCUT2D eigenvalue weighted by atomic mass is 16.5. The standard InChI is InChI=1S/C22H26O3/c1-16(23)14-21(20-12-8-5-9-13-20)17(2)22(24)18(3)25-15-19-10-6-4-7-11-19/h4-13,17-18,21H,14-15H2,1-3H3/t17-,18-,21-/m0/s1. The number of benzene rings is 2. The quantitative estimate of drug-likeness (QED) is 0.673. The molecule has 0 bridgehead atoms. The molecule has 0 spiro atoms. The molecule has 0 amide bonds. The molecule has 0 fully saturated rings. The highest BCUT2D eigenvalue weighted by Crippen LogP contribution is 2.30. The molecule has 25 heavy (non-hydrogen) atoms. The van der Waals surface area contributed by atoms with Gasteiger partial charge >= 0.3 is 0 Å². The van der Waals surface area contributed by atoms with Crippen LogP contribution in [0.25, 0.3) is 0 Å². The fourth-order valence-electron chi connectivity index (χ4n) is 3.04. The average Bonchev–Trinajstić information content (AvgIpc) is 2.64. The maximum Gasteiger partial charge on any atom is 0.164 e. The monoisotopic (exact) mass is 338 g/mol. The second-order valence-corrected chi connectivity index (χ2v) is 6.55. The van der Waals surface area contributed by atoms with Crippen molar-refractivity contribution in [3.8, 4) is 0 Å². The maximum atomic E-state index is 12.8. The molecule has 0 radical (unpaired) electrons. The third kappa shape index (κ3) is 5.64. The summed E-state index contributed by atoms with van der Waals surface area (Å²) in [4.78, 5) is 24.5. The van der Waals surface area contributed by atoms with Crippen LogP contribution >= 0.6 is 0 Å². The number of ketones is 2. The van der Waals surface area contributed by atoms with Gasteiger partial charge in [0.05, 0.1) is 6.61 Å². The van der Waals surface area contributed by atoms with E-state index in [1.807, 2.05) is 67.6 Å². The Kier molecular flexibility index (Phi) is 7.08. The van der Waals surface area contributed by atoms with Crippen molar-refractivity contribution in [1.82, 2.24) is 0 Å². The van der Waals surface area contributed by atoms with Crippen molar-refractivity contribution in [3.63, 3.8) is 0 Å². The zero-order valence-electron chi connectivity index (χ0n) is 15.1. The molecule has 3 atom stereocenters. The first-order chi connectivity index (χ1) is 12.0. The Labute approximate surface area is 150 Å². The fourth-order valence-corrected chi connectivity index (χ4v) is 3.04. The number of Topliss-reactive ketones (excluding diaryl/α,β-unsaturated/α-hetero) is 2. The highest BCUT2D eigenvalue weighted by molar-refractivity contribution is 5.87. The lowest BCUT2D eigenvalue weighted by Crippen LogP contribution is -2.31. The van der Waals surface area contributed by atoms with Crippen molar-refractivity contribution in [2.45, 2.75) is 45.8 Å². The normalized spacial score (nSPS) is 14.5. The van der Waals surface area contributed by atoms with E-state index < -0.39 is 6.10 Å². The summed E-state index contributed by atoms with van der Waals surface area (Å²) in [7, 11) is 0. The first kappa shape index (κ1) is 19.1. The van der Waals surface area contributed by atoms with Gasteiger partial charge in [0.15, 0.2) is 5.78 Å². The molecule has 0 saturated carbocycles. The first-order valence-electron chi connectivity index (χ1n) is 8.72. The van der Waals surface area contributed by atoms with Gasteiger partial charge in [-0.15, -0.1) is 0 Å². The van der Waals surface area contributed by atoms with Gasteiger partial charge in [-0.05, 0) is 25.0 Å². The molecule has 0 saturated heterocycles. The van der Waals surface area contributed by atoms with Gasteiger partial charge in [-0.25, -0.2) is 0 Å². The Morgan fingerprint density at radius 3 is 2.04 bits per heavy atom. The summed E-state index contributed by atoms with van der Waals surface area (Å²) in [5.41, 5.74) is 2.06. The molecular formula is C22H26O3. The van der Waals surface area contributed by atoms with Crippen LogP contribution in [0.4, 0.5) is 0 Å². The van der Waals surface area contributed by atoms with Gasteiger partial charge in [0, 0.05) is 18.3 Å². The smallest absolute Gasteiger partial charge is 0.164 e. The molecule has 0 aromatic heterocycles. The predicted octanol–water partition coefficient (Wildman–Crippen LogP) is 4.56. The van der Waals surface area contributed by atoms with Gasteiger partial charge < -0.3 is 9.53 Å². The number of carbonyl (C=O) groups is 2. The average molecular weight is 338 g/mol. The lowest BCUT2D eigenvalue weighted by Gasteiger charge is -2.25. The van der Waals surface area contributed by atoms with Crippen LogP contribution in [0.1, 0.15) is 44.2 Å². The van der Waals surface area contributed by atoms with Crippen LogP contribution in [0.3, 0.4) is 0 Å². The van der Waals surface area contributed by atoms with Crippen molar-refractivity contribution in [2.75, 3.05) is 0 Å². The molecule has 2 aromatic rings. The zero-order chi connectivity index (χ0) is 18.2. The summed E-state index contributed by atoms with van der Waals surface area (Å²) in [6, 6.07) is 19.6.